The second-order valence-electron chi connectivity index (χ2n) is 4.61. The van der Waals surface area contributed by atoms with Crippen molar-refractivity contribution in [1.29, 1.82) is 0 Å². The topological polar surface area (TPSA) is 51.4 Å². The van der Waals surface area contributed by atoms with Crippen LogP contribution in [-0.4, -0.2) is 41.2 Å². The minimum Gasteiger partial charge on any atom is -0.388 e. The molecular formula is C13H19N3OS. The van der Waals surface area contributed by atoms with E-state index in [1.54, 1.807) is 13.3 Å². The van der Waals surface area contributed by atoms with Crippen LogP contribution in [0.1, 0.15) is 24.1 Å². The van der Waals surface area contributed by atoms with Gasteiger partial charge in [0.1, 0.15) is 4.99 Å². The van der Waals surface area contributed by atoms with Crippen molar-refractivity contribution in [3.63, 3.8) is 0 Å². The first-order valence-corrected chi connectivity index (χ1v) is 6.59. The van der Waals surface area contributed by atoms with Crippen molar-refractivity contribution in [2.24, 2.45) is 5.73 Å². The maximum absolute atomic E-state index is 5.60. The molecule has 4 nitrogen and oxygen atoms in total. The Bertz CT molecular complexity index is 420. The number of aromatic nitrogens is 1. The number of nitrogens with two attached hydrogens (primary N) is 1. The van der Waals surface area contributed by atoms with Gasteiger partial charge in [-0.2, -0.15) is 0 Å². The van der Waals surface area contributed by atoms with Gasteiger partial charge in [-0.25, -0.2) is 0 Å². The van der Waals surface area contributed by atoms with Gasteiger partial charge < -0.3 is 10.5 Å². The summed E-state index contributed by atoms with van der Waals surface area (Å²) in [6.45, 7) is 2.64. The maximum Gasteiger partial charge on any atom is 0.122 e. The van der Waals surface area contributed by atoms with E-state index in [-0.39, 0.29) is 0 Å². The standard InChI is InChI=1S/C13H19N3OS/c1-17-7-6-16(11-2-3-11)9-10-4-5-15-12(8-10)13(14)18/h4-5,8,11H,2-3,6-7,9H2,1H3,(H2,14,18). The summed E-state index contributed by atoms with van der Waals surface area (Å²) in [5.41, 5.74) is 7.50. The smallest absolute Gasteiger partial charge is 0.122 e. The average molecular weight is 265 g/mol. The molecule has 2 N–H and O–H groups in total. The monoisotopic (exact) mass is 265 g/mol. The zero-order valence-electron chi connectivity index (χ0n) is 10.6. The molecule has 5 heteroatoms. The summed E-state index contributed by atoms with van der Waals surface area (Å²) in [5, 5.41) is 0. The molecule has 0 unspecified atom stereocenters. The van der Waals surface area contributed by atoms with E-state index in [0.29, 0.717) is 16.7 Å². The average Bonchev–Trinajstić information content (AvgIpc) is 3.19. The molecule has 2 rings (SSSR count). The second kappa shape index (κ2) is 6.22. The number of hydrogen-bond donors (Lipinski definition) is 1. The highest BCUT2D eigenvalue weighted by Crippen LogP contribution is 2.28. The van der Waals surface area contributed by atoms with E-state index in [1.807, 2.05) is 12.1 Å². The minimum absolute atomic E-state index is 0.353. The molecule has 0 aromatic carbocycles. The Kier molecular flexibility index (Phi) is 4.63. The third kappa shape index (κ3) is 3.73. The van der Waals surface area contributed by atoms with E-state index >= 15 is 0 Å². The molecule has 1 fully saturated rings. The summed E-state index contributed by atoms with van der Waals surface area (Å²) in [6, 6.07) is 4.70. The Balaban J connectivity index is 2.01. The normalized spacial score (nSPS) is 15.0. The van der Waals surface area contributed by atoms with Gasteiger partial charge in [-0.1, -0.05) is 12.2 Å². The van der Waals surface area contributed by atoms with Crippen LogP contribution in [0, 0.1) is 0 Å². The number of ether oxygens (including phenoxy) is 1. The summed E-state index contributed by atoms with van der Waals surface area (Å²) < 4.78 is 5.16. The summed E-state index contributed by atoms with van der Waals surface area (Å²) in [4.78, 5) is 6.96. The highest BCUT2D eigenvalue weighted by atomic mass is 32.1. The van der Waals surface area contributed by atoms with Crippen LogP contribution in [-0.2, 0) is 11.3 Å². The molecule has 98 valence electrons. The van der Waals surface area contributed by atoms with Crippen molar-refractivity contribution < 1.29 is 4.74 Å². The molecule has 0 bridgehead atoms. The van der Waals surface area contributed by atoms with Crippen LogP contribution in [0.5, 0.6) is 0 Å². The highest BCUT2D eigenvalue weighted by molar-refractivity contribution is 7.80. The van der Waals surface area contributed by atoms with Gasteiger partial charge in [-0.3, -0.25) is 9.88 Å². The molecule has 1 heterocycles. The first-order chi connectivity index (χ1) is 8.70. The van der Waals surface area contributed by atoms with Crippen LogP contribution in [0.4, 0.5) is 0 Å². The number of pyridine rings is 1. The molecule has 1 saturated carbocycles. The Labute approximate surface area is 113 Å². The lowest BCUT2D eigenvalue weighted by molar-refractivity contribution is 0.139. The fourth-order valence-electron chi connectivity index (χ4n) is 1.98. The molecule has 0 radical (unpaired) electrons. The van der Waals surface area contributed by atoms with Crippen LogP contribution in [0.25, 0.3) is 0 Å². The molecule has 0 atom stereocenters. The number of hydrogen-bond acceptors (Lipinski definition) is 4. The lowest BCUT2D eigenvalue weighted by Crippen LogP contribution is -2.29. The van der Waals surface area contributed by atoms with Crippen LogP contribution < -0.4 is 5.73 Å². The Morgan fingerprint density at radius 2 is 2.39 bits per heavy atom. The number of nitrogens with zero attached hydrogens (tertiary/aromatic N) is 2. The first-order valence-electron chi connectivity index (χ1n) is 6.18. The fourth-order valence-corrected chi connectivity index (χ4v) is 2.09. The van der Waals surface area contributed by atoms with E-state index in [9.17, 15) is 0 Å². The van der Waals surface area contributed by atoms with Crippen LogP contribution in [0.2, 0.25) is 0 Å². The molecule has 0 amide bonds. The third-order valence-corrected chi connectivity index (χ3v) is 3.32. The summed E-state index contributed by atoms with van der Waals surface area (Å²) in [6.07, 6.45) is 4.35. The lowest BCUT2D eigenvalue weighted by atomic mass is 10.2. The van der Waals surface area contributed by atoms with Crippen molar-refractivity contribution in [3.05, 3.63) is 29.6 Å². The van der Waals surface area contributed by atoms with Gasteiger partial charge in [-0.05, 0) is 30.5 Å². The Morgan fingerprint density at radius 3 is 3.00 bits per heavy atom. The van der Waals surface area contributed by atoms with Crippen LogP contribution in [0.15, 0.2) is 18.3 Å². The maximum atomic E-state index is 5.60. The van der Waals surface area contributed by atoms with Crippen molar-refractivity contribution in [2.45, 2.75) is 25.4 Å². The van der Waals surface area contributed by atoms with Crippen molar-refractivity contribution in [3.8, 4) is 0 Å². The van der Waals surface area contributed by atoms with E-state index in [0.717, 1.165) is 19.7 Å². The van der Waals surface area contributed by atoms with Gasteiger partial charge in [0, 0.05) is 32.4 Å². The van der Waals surface area contributed by atoms with E-state index in [2.05, 4.69) is 9.88 Å². The predicted molar refractivity (Wildman–Crippen MR) is 75.4 cm³/mol. The van der Waals surface area contributed by atoms with E-state index < -0.39 is 0 Å². The molecule has 0 spiro atoms. The predicted octanol–water partition coefficient (Wildman–Crippen LogP) is 1.33. The second-order valence-corrected chi connectivity index (χ2v) is 5.05. The third-order valence-electron chi connectivity index (χ3n) is 3.11. The van der Waals surface area contributed by atoms with Gasteiger partial charge >= 0.3 is 0 Å². The van der Waals surface area contributed by atoms with E-state index in [4.69, 9.17) is 22.7 Å². The largest absolute Gasteiger partial charge is 0.388 e. The molecule has 0 saturated heterocycles. The SMILES string of the molecule is COCCN(Cc1ccnc(C(N)=S)c1)C1CC1. The lowest BCUT2D eigenvalue weighted by Gasteiger charge is -2.21. The zero-order valence-corrected chi connectivity index (χ0v) is 11.4. The van der Waals surface area contributed by atoms with Gasteiger partial charge in [-0.15, -0.1) is 0 Å². The van der Waals surface area contributed by atoms with Crippen molar-refractivity contribution >= 4 is 17.2 Å². The molecular weight excluding hydrogens is 246 g/mol. The summed E-state index contributed by atoms with van der Waals surface area (Å²) in [5.74, 6) is 0. The zero-order chi connectivity index (χ0) is 13.0. The first kappa shape index (κ1) is 13.4. The Hall–Kier alpha value is -1.04. The van der Waals surface area contributed by atoms with Crippen molar-refractivity contribution in [1.82, 2.24) is 9.88 Å². The molecule has 0 aliphatic heterocycles. The molecule has 18 heavy (non-hydrogen) atoms. The number of thiocarbonyl (C=S) groups is 1. The van der Waals surface area contributed by atoms with Gasteiger partial charge in [0.2, 0.25) is 0 Å². The molecule has 1 aromatic heterocycles. The summed E-state index contributed by atoms with van der Waals surface area (Å²) >= 11 is 4.95. The minimum atomic E-state index is 0.353. The van der Waals surface area contributed by atoms with Crippen LogP contribution >= 0.6 is 12.2 Å². The molecule has 1 aromatic rings. The van der Waals surface area contributed by atoms with Crippen LogP contribution in [0.3, 0.4) is 0 Å². The van der Waals surface area contributed by atoms with Gasteiger partial charge in [0.25, 0.3) is 0 Å². The summed E-state index contributed by atoms with van der Waals surface area (Å²) in [7, 11) is 1.74. The molecule has 1 aliphatic carbocycles. The van der Waals surface area contributed by atoms with E-state index in [1.165, 1.54) is 18.4 Å². The van der Waals surface area contributed by atoms with Crippen molar-refractivity contribution in [2.75, 3.05) is 20.3 Å². The quantitative estimate of drug-likeness (QED) is 0.754. The number of rotatable bonds is 7. The highest BCUT2D eigenvalue weighted by Gasteiger charge is 2.28. The van der Waals surface area contributed by atoms with Gasteiger partial charge in [0.05, 0.1) is 12.3 Å². The fraction of sp³-hybridized carbons (Fsp3) is 0.538. The Morgan fingerprint density at radius 1 is 1.61 bits per heavy atom. The number of methoxy groups -OCH3 is 1. The van der Waals surface area contributed by atoms with Gasteiger partial charge in [0.15, 0.2) is 0 Å². The molecule has 1 aliphatic rings.